The van der Waals surface area contributed by atoms with Crippen LogP contribution >= 0.6 is 15.9 Å². The van der Waals surface area contributed by atoms with Gasteiger partial charge in [0.15, 0.2) is 0 Å². The molecule has 0 aliphatic carbocycles. The average Bonchev–Trinajstić information content (AvgIpc) is 2.54. The van der Waals surface area contributed by atoms with Gasteiger partial charge in [-0.15, -0.1) is 0 Å². The highest BCUT2D eigenvalue weighted by atomic mass is 79.9. The molecule has 0 saturated carbocycles. The molecule has 0 saturated heterocycles. The van der Waals surface area contributed by atoms with E-state index in [-0.39, 0.29) is 5.57 Å². The molecule has 0 aliphatic rings. The predicted octanol–water partition coefficient (Wildman–Crippen LogP) is 4.37. The van der Waals surface area contributed by atoms with Gasteiger partial charge < -0.3 is 10.2 Å². The first-order valence-electron chi connectivity index (χ1n) is 7.38. The van der Waals surface area contributed by atoms with Gasteiger partial charge in [-0.25, -0.2) is 0 Å². The van der Waals surface area contributed by atoms with Crippen LogP contribution in [0.25, 0.3) is 6.08 Å². The normalized spacial score (nSPS) is 10.9. The molecule has 0 bridgehead atoms. The van der Waals surface area contributed by atoms with Crippen LogP contribution in [0.3, 0.4) is 0 Å². The number of nitrogens with zero attached hydrogens (tertiary/aromatic N) is 2. The number of amides is 1. The van der Waals surface area contributed by atoms with Crippen LogP contribution in [0.2, 0.25) is 0 Å². The van der Waals surface area contributed by atoms with Crippen molar-refractivity contribution in [2.75, 3.05) is 24.3 Å². The second-order valence-electron chi connectivity index (χ2n) is 5.54. The fraction of sp³-hybridized carbons (Fsp3) is 0.158. The zero-order valence-corrected chi connectivity index (χ0v) is 15.4. The van der Waals surface area contributed by atoms with E-state index in [0.29, 0.717) is 5.69 Å². The van der Waals surface area contributed by atoms with Crippen LogP contribution in [0.4, 0.5) is 11.4 Å². The fourth-order valence-electron chi connectivity index (χ4n) is 2.19. The summed E-state index contributed by atoms with van der Waals surface area (Å²) >= 11 is 3.51. The number of carbonyl (C=O) groups excluding carboxylic acids is 1. The van der Waals surface area contributed by atoms with E-state index < -0.39 is 5.91 Å². The number of para-hydroxylation sites is 1. The number of hydrogen-bond acceptors (Lipinski definition) is 3. The van der Waals surface area contributed by atoms with Gasteiger partial charge in [0.05, 0.1) is 5.69 Å². The Hall–Kier alpha value is -2.58. The first kappa shape index (κ1) is 17.8. The highest BCUT2D eigenvalue weighted by Gasteiger charge is 2.11. The molecule has 0 fully saturated rings. The van der Waals surface area contributed by atoms with Gasteiger partial charge in [-0.3, -0.25) is 4.79 Å². The molecule has 5 heteroatoms. The number of hydrogen-bond donors (Lipinski definition) is 1. The summed E-state index contributed by atoms with van der Waals surface area (Å²) in [5.41, 5.74) is 3.51. The Bertz CT molecular complexity index is 835. The Morgan fingerprint density at radius 3 is 2.54 bits per heavy atom. The lowest BCUT2D eigenvalue weighted by Gasteiger charge is -2.14. The highest BCUT2D eigenvalue weighted by Crippen LogP contribution is 2.26. The summed E-state index contributed by atoms with van der Waals surface area (Å²) in [6.45, 7) is 1.91. The van der Waals surface area contributed by atoms with Crippen LogP contribution in [-0.2, 0) is 4.79 Å². The summed E-state index contributed by atoms with van der Waals surface area (Å²) in [7, 11) is 3.90. The van der Waals surface area contributed by atoms with Crippen LogP contribution in [0.15, 0.2) is 52.5 Å². The van der Waals surface area contributed by atoms with Crippen molar-refractivity contribution in [2.45, 2.75) is 6.92 Å². The molecule has 2 aromatic rings. The summed E-state index contributed by atoms with van der Waals surface area (Å²) in [4.78, 5) is 14.3. The molecule has 0 atom stereocenters. The summed E-state index contributed by atoms with van der Waals surface area (Å²) in [6.07, 6.45) is 1.58. The molecule has 2 aromatic carbocycles. The molecule has 0 aliphatic heterocycles. The van der Waals surface area contributed by atoms with Gasteiger partial charge in [-0.1, -0.05) is 24.3 Å². The van der Waals surface area contributed by atoms with Gasteiger partial charge in [-0.2, -0.15) is 5.26 Å². The van der Waals surface area contributed by atoms with Gasteiger partial charge in [0.2, 0.25) is 0 Å². The third kappa shape index (κ3) is 4.24. The van der Waals surface area contributed by atoms with Crippen molar-refractivity contribution in [1.29, 1.82) is 5.26 Å². The van der Waals surface area contributed by atoms with Crippen molar-refractivity contribution in [3.05, 3.63) is 63.6 Å². The maximum absolute atomic E-state index is 12.3. The molecule has 4 nitrogen and oxygen atoms in total. The number of benzene rings is 2. The van der Waals surface area contributed by atoms with Crippen molar-refractivity contribution in [1.82, 2.24) is 0 Å². The summed E-state index contributed by atoms with van der Waals surface area (Å²) in [5, 5.41) is 12.1. The average molecular weight is 384 g/mol. The van der Waals surface area contributed by atoms with Crippen molar-refractivity contribution in [3.8, 4) is 6.07 Å². The van der Waals surface area contributed by atoms with E-state index in [1.165, 1.54) is 0 Å². The predicted molar refractivity (Wildman–Crippen MR) is 102 cm³/mol. The molecule has 0 radical (unpaired) electrons. The van der Waals surface area contributed by atoms with Crippen LogP contribution in [0.5, 0.6) is 0 Å². The molecular weight excluding hydrogens is 366 g/mol. The lowest BCUT2D eigenvalue weighted by Crippen LogP contribution is -2.14. The number of carbonyl (C=O) groups is 1. The smallest absolute Gasteiger partial charge is 0.266 e. The SMILES string of the molecule is Cc1ccccc1NC(=O)/C(C#N)=C\c1ccc(N(C)C)c(Br)c1. The van der Waals surface area contributed by atoms with Gasteiger partial charge in [0.25, 0.3) is 5.91 Å². The van der Waals surface area contributed by atoms with E-state index in [2.05, 4.69) is 21.2 Å². The molecule has 1 amide bonds. The first-order valence-corrected chi connectivity index (χ1v) is 8.17. The van der Waals surface area contributed by atoms with E-state index in [4.69, 9.17) is 0 Å². The number of nitriles is 1. The zero-order chi connectivity index (χ0) is 17.7. The monoisotopic (exact) mass is 383 g/mol. The Kier molecular flexibility index (Phi) is 5.78. The third-order valence-electron chi connectivity index (χ3n) is 3.52. The quantitative estimate of drug-likeness (QED) is 0.629. The molecule has 0 aromatic heterocycles. The highest BCUT2D eigenvalue weighted by molar-refractivity contribution is 9.10. The van der Waals surface area contributed by atoms with Crippen molar-refractivity contribution in [2.24, 2.45) is 0 Å². The van der Waals surface area contributed by atoms with Gasteiger partial charge in [0.1, 0.15) is 11.6 Å². The van der Waals surface area contributed by atoms with E-state index in [9.17, 15) is 10.1 Å². The number of nitrogens with one attached hydrogen (secondary N) is 1. The van der Waals surface area contributed by atoms with E-state index in [0.717, 1.165) is 21.3 Å². The van der Waals surface area contributed by atoms with Crippen molar-refractivity contribution in [3.63, 3.8) is 0 Å². The van der Waals surface area contributed by atoms with Gasteiger partial charge in [-0.05, 0) is 58.3 Å². The molecule has 0 unspecified atom stereocenters. The second kappa shape index (κ2) is 7.80. The fourth-order valence-corrected chi connectivity index (χ4v) is 2.94. The molecule has 0 heterocycles. The Morgan fingerprint density at radius 1 is 1.25 bits per heavy atom. The largest absolute Gasteiger partial charge is 0.377 e. The molecular formula is C19H18BrN3O. The lowest BCUT2D eigenvalue weighted by atomic mass is 10.1. The maximum Gasteiger partial charge on any atom is 0.266 e. The minimum absolute atomic E-state index is 0.0581. The Labute approximate surface area is 150 Å². The van der Waals surface area contributed by atoms with Crippen LogP contribution < -0.4 is 10.2 Å². The third-order valence-corrected chi connectivity index (χ3v) is 4.16. The van der Waals surface area contributed by atoms with Crippen LogP contribution in [-0.4, -0.2) is 20.0 Å². The standard InChI is InChI=1S/C19H18BrN3O/c1-13-6-4-5-7-17(13)22-19(24)15(12-21)10-14-8-9-18(23(2)3)16(20)11-14/h4-11H,1-3H3,(H,22,24)/b15-10-. The number of aryl methyl sites for hydroxylation is 1. The summed E-state index contributed by atoms with van der Waals surface area (Å²) in [6, 6.07) is 15.1. The maximum atomic E-state index is 12.3. The second-order valence-corrected chi connectivity index (χ2v) is 6.40. The van der Waals surface area contributed by atoms with E-state index in [1.54, 1.807) is 6.08 Å². The van der Waals surface area contributed by atoms with Crippen molar-refractivity contribution >= 4 is 39.3 Å². The molecule has 24 heavy (non-hydrogen) atoms. The topological polar surface area (TPSA) is 56.1 Å². The number of anilines is 2. The molecule has 0 spiro atoms. The molecule has 2 rings (SSSR count). The van der Waals surface area contributed by atoms with Crippen LogP contribution in [0, 0.1) is 18.3 Å². The molecule has 1 N–H and O–H groups in total. The zero-order valence-electron chi connectivity index (χ0n) is 13.8. The van der Waals surface area contributed by atoms with E-state index >= 15 is 0 Å². The van der Waals surface area contributed by atoms with Gasteiger partial charge in [0, 0.05) is 24.3 Å². The first-order chi connectivity index (χ1) is 11.4. The molecule has 122 valence electrons. The summed E-state index contributed by atoms with van der Waals surface area (Å²) < 4.78 is 0.901. The Balaban J connectivity index is 2.26. The number of rotatable bonds is 4. The summed E-state index contributed by atoms with van der Waals surface area (Å²) in [5.74, 6) is -0.417. The lowest BCUT2D eigenvalue weighted by molar-refractivity contribution is -0.112. The van der Waals surface area contributed by atoms with E-state index in [1.807, 2.05) is 74.5 Å². The minimum atomic E-state index is -0.417. The van der Waals surface area contributed by atoms with Gasteiger partial charge >= 0.3 is 0 Å². The Morgan fingerprint density at radius 2 is 1.96 bits per heavy atom. The van der Waals surface area contributed by atoms with Crippen LogP contribution in [0.1, 0.15) is 11.1 Å². The van der Waals surface area contributed by atoms with Crippen molar-refractivity contribution < 1.29 is 4.79 Å². The minimum Gasteiger partial charge on any atom is -0.377 e. The number of halogens is 1.